The van der Waals surface area contributed by atoms with Crippen molar-refractivity contribution in [3.8, 4) is 0 Å². The second-order valence-corrected chi connectivity index (χ2v) is 5.90. The fourth-order valence-electron chi connectivity index (χ4n) is 2.79. The SMILES string of the molecule is CCOC(CC)(CC)C(Cc1ccc(Br)cc1F)NC. The molecule has 0 radical (unpaired) electrons. The normalized spacial score (nSPS) is 13.5. The average Bonchev–Trinajstić information content (AvgIpc) is 2.44. The first kappa shape index (κ1) is 17.6. The van der Waals surface area contributed by atoms with Gasteiger partial charge in [-0.25, -0.2) is 4.39 Å². The predicted octanol–water partition coefficient (Wildman–Crippen LogP) is 4.31. The summed E-state index contributed by atoms with van der Waals surface area (Å²) in [7, 11) is 1.92. The highest BCUT2D eigenvalue weighted by Crippen LogP contribution is 2.28. The fourth-order valence-corrected chi connectivity index (χ4v) is 3.13. The summed E-state index contributed by atoms with van der Waals surface area (Å²) in [6.07, 6.45) is 2.43. The molecule has 0 aliphatic rings. The zero-order chi connectivity index (χ0) is 15.2. The maximum Gasteiger partial charge on any atom is 0.127 e. The van der Waals surface area contributed by atoms with Gasteiger partial charge in [0.05, 0.1) is 5.60 Å². The van der Waals surface area contributed by atoms with Gasteiger partial charge in [0, 0.05) is 17.1 Å². The van der Waals surface area contributed by atoms with E-state index in [0.29, 0.717) is 13.0 Å². The van der Waals surface area contributed by atoms with Crippen molar-refractivity contribution in [2.45, 2.75) is 51.7 Å². The Labute approximate surface area is 130 Å². The van der Waals surface area contributed by atoms with Crippen molar-refractivity contribution in [1.29, 1.82) is 0 Å². The van der Waals surface area contributed by atoms with Crippen LogP contribution in [0.4, 0.5) is 4.39 Å². The van der Waals surface area contributed by atoms with Crippen LogP contribution in [0, 0.1) is 5.82 Å². The van der Waals surface area contributed by atoms with Crippen LogP contribution < -0.4 is 5.32 Å². The summed E-state index contributed by atoms with van der Waals surface area (Å²) in [6.45, 7) is 6.93. The van der Waals surface area contributed by atoms with Crippen LogP contribution in [0.15, 0.2) is 22.7 Å². The summed E-state index contributed by atoms with van der Waals surface area (Å²) < 4.78 is 20.8. The van der Waals surface area contributed by atoms with Gasteiger partial charge in [0.1, 0.15) is 5.82 Å². The van der Waals surface area contributed by atoms with Gasteiger partial charge in [0.25, 0.3) is 0 Å². The molecule has 114 valence electrons. The quantitative estimate of drug-likeness (QED) is 0.757. The van der Waals surface area contributed by atoms with Gasteiger partial charge >= 0.3 is 0 Å². The second kappa shape index (κ2) is 8.11. The van der Waals surface area contributed by atoms with Crippen LogP contribution in [-0.4, -0.2) is 25.3 Å². The van der Waals surface area contributed by atoms with Gasteiger partial charge < -0.3 is 10.1 Å². The van der Waals surface area contributed by atoms with E-state index in [4.69, 9.17) is 4.74 Å². The maximum absolute atomic E-state index is 14.0. The Kier molecular flexibility index (Phi) is 7.13. The van der Waals surface area contributed by atoms with E-state index in [-0.39, 0.29) is 17.5 Å². The number of ether oxygens (including phenoxy) is 1. The third-order valence-electron chi connectivity index (χ3n) is 4.05. The molecule has 0 saturated carbocycles. The molecule has 0 aliphatic carbocycles. The number of rotatable bonds is 8. The summed E-state index contributed by atoms with van der Waals surface area (Å²) in [6, 6.07) is 5.33. The third-order valence-corrected chi connectivity index (χ3v) is 4.54. The van der Waals surface area contributed by atoms with E-state index in [1.807, 2.05) is 26.1 Å². The third kappa shape index (κ3) is 4.03. The topological polar surface area (TPSA) is 21.3 Å². The Morgan fingerprint density at radius 1 is 1.30 bits per heavy atom. The molecule has 20 heavy (non-hydrogen) atoms. The minimum absolute atomic E-state index is 0.0909. The molecule has 1 aromatic rings. The molecule has 0 saturated heterocycles. The smallest absolute Gasteiger partial charge is 0.127 e. The molecule has 0 fully saturated rings. The van der Waals surface area contributed by atoms with Crippen LogP contribution in [0.2, 0.25) is 0 Å². The summed E-state index contributed by atoms with van der Waals surface area (Å²) >= 11 is 3.29. The van der Waals surface area contributed by atoms with Gasteiger partial charge in [-0.05, 0) is 50.9 Å². The second-order valence-electron chi connectivity index (χ2n) is 4.99. The standard InChI is InChI=1S/C16H25BrFNO/c1-5-16(6-2,20-7-3)15(19-4)10-12-8-9-13(17)11-14(12)18/h8-9,11,15,19H,5-7,10H2,1-4H3. The van der Waals surface area contributed by atoms with Gasteiger partial charge in [-0.15, -0.1) is 0 Å². The van der Waals surface area contributed by atoms with Crippen LogP contribution in [0.1, 0.15) is 39.2 Å². The van der Waals surface area contributed by atoms with Crippen molar-refractivity contribution < 1.29 is 9.13 Å². The lowest BCUT2D eigenvalue weighted by molar-refractivity contribution is -0.0704. The molecule has 0 aromatic heterocycles. The van der Waals surface area contributed by atoms with E-state index < -0.39 is 0 Å². The number of nitrogens with one attached hydrogen (secondary N) is 1. The molecular formula is C16H25BrFNO. The predicted molar refractivity (Wildman–Crippen MR) is 85.6 cm³/mol. The van der Waals surface area contributed by atoms with Crippen molar-refractivity contribution in [3.05, 3.63) is 34.1 Å². The summed E-state index contributed by atoms with van der Waals surface area (Å²) in [5, 5.41) is 3.32. The lowest BCUT2D eigenvalue weighted by Gasteiger charge is -2.39. The highest BCUT2D eigenvalue weighted by Gasteiger charge is 2.35. The first-order valence-corrected chi connectivity index (χ1v) is 8.07. The van der Waals surface area contributed by atoms with Crippen molar-refractivity contribution in [3.63, 3.8) is 0 Å². The van der Waals surface area contributed by atoms with Gasteiger partial charge in [0.2, 0.25) is 0 Å². The Bertz CT molecular complexity index is 421. The lowest BCUT2D eigenvalue weighted by Crippen LogP contribution is -2.52. The Morgan fingerprint density at radius 3 is 2.40 bits per heavy atom. The Hall–Kier alpha value is -0.450. The van der Waals surface area contributed by atoms with Crippen LogP contribution in [0.5, 0.6) is 0 Å². The molecule has 1 aromatic carbocycles. The number of hydrogen-bond acceptors (Lipinski definition) is 2. The summed E-state index contributed by atoms with van der Waals surface area (Å²) in [5.74, 6) is -0.169. The average molecular weight is 346 g/mol. The van der Waals surface area contributed by atoms with Crippen LogP contribution in [0.25, 0.3) is 0 Å². The van der Waals surface area contributed by atoms with Crippen LogP contribution >= 0.6 is 15.9 Å². The molecule has 0 aliphatic heterocycles. The van der Waals surface area contributed by atoms with Gasteiger partial charge in [-0.1, -0.05) is 35.8 Å². The molecule has 0 spiro atoms. The van der Waals surface area contributed by atoms with E-state index in [1.54, 1.807) is 0 Å². The molecule has 4 heteroatoms. The first-order valence-electron chi connectivity index (χ1n) is 7.28. The highest BCUT2D eigenvalue weighted by molar-refractivity contribution is 9.10. The molecule has 1 rings (SSSR count). The van der Waals surface area contributed by atoms with Gasteiger partial charge in [0.15, 0.2) is 0 Å². The van der Waals surface area contributed by atoms with Crippen LogP contribution in [0.3, 0.4) is 0 Å². The van der Waals surface area contributed by atoms with E-state index in [0.717, 1.165) is 22.9 Å². The number of benzene rings is 1. The molecule has 1 atom stereocenters. The first-order chi connectivity index (χ1) is 9.52. The molecular weight excluding hydrogens is 321 g/mol. The van der Waals surface area contributed by atoms with Crippen LogP contribution in [-0.2, 0) is 11.2 Å². The molecule has 0 heterocycles. The summed E-state index contributed by atoms with van der Waals surface area (Å²) in [4.78, 5) is 0. The number of likely N-dealkylation sites (N-methyl/N-ethyl adjacent to an activating group) is 1. The fraction of sp³-hybridized carbons (Fsp3) is 0.625. The van der Waals surface area contributed by atoms with Crippen molar-refractivity contribution in [2.24, 2.45) is 0 Å². The molecule has 2 nitrogen and oxygen atoms in total. The van der Waals surface area contributed by atoms with E-state index in [9.17, 15) is 4.39 Å². The number of halogens is 2. The minimum atomic E-state index is -0.247. The molecule has 0 amide bonds. The van der Waals surface area contributed by atoms with Crippen molar-refractivity contribution >= 4 is 15.9 Å². The van der Waals surface area contributed by atoms with Gasteiger partial charge in [-0.3, -0.25) is 0 Å². The Balaban J connectivity index is 2.99. The molecule has 1 unspecified atom stereocenters. The number of hydrogen-bond donors (Lipinski definition) is 1. The Morgan fingerprint density at radius 2 is 1.95 bits per heavy atom. The van der Waals surface area contributed by atoms with Crippen molar-refractivity contribution in [1.82, 2.24) is 5.32 Å². The highest BCUT2D eigenvalue weighted by atomic mass is 79.9. The zero-order valence-electron chi connectivity index (χ0n) is 12.8. The van der Waals surface area contributed by atoms with Crippen molar-refractivity contribution in [2.75, 3.05) is 13.7 Å². The van der Waals surface area contributed by atoms with Gasteiger partial charge in [-0.2, -0.15) is 0 Å². The van der Waals surface area contributed by atoms with E-state index in [2.05, 4.69) is 35.1 Å². The molecule has 0 bridgehead atoms. The monoisotopic (exact) mass is 345 g/mol. The minimum Gasteiger partial charge on any atom is -0.374 e. The lowest BCUT2D eigenvalue weighted by atomic mass is 9.84. The zero-order valence-corrected chi connectivity index (χ0v) is 14.4. The molecule has 1 N–H and O–H groups in total. The maximum atomic E-state index is 14.0. The largest absolute Gasteiger partial charge is 0.374 e. The van der Waals surface area contributed by atoms with E-state index >= 15 is 0 Å². The summed E-state index contributed by atoms with van der Waals surface area (Å²) in [5.41, 5.74) is 0.474. The van der Waals surface area contributed by atoms with E-state index in [1.165, 1.54) is 6.07 Å².